The van der Waals surface area contributed by atoms with E-state index in [2.05, 4.69) is 0 Å². The second-order valence-electron chi connectivity index (χ2n) is 3.31. The Morgan fingerprint density at radius 3 is 2.86 bits per heavy atom. The van der Waals surface area contributed by atoms with Gasteiger partial charge in [-0.05, 0) is 13.0 Å². The normalized spacial score (nSPS) is 21.6. The standard InChI is InChI=1S/C10H10O4/c1-5(11)9-6-3-2-4-7(12)8(6)10(13)14-9/h2-5,9,11-12H,1H3. The van der Waals surface area contributed by atoms with Gasteiger partial charge in [-0.1, -0.05) is 12.1 Å². The quantitative estimate of drug-likeness (QED) is 0.654. The summed E-state index contributed by atoms with van der Waals surface area (Å²) in [7, 11) is 0. The van der Waals surface area contributed by atoms with E-state index in [0.717, 1.165) is 0 Å². The maximum atomic E-state index is 11.3. The maximum Gasteiger partial charge on any atom is 0.343 e. The number of phenolic OH excluding ortho intramolecular Hbond substituents is 1. The Morgan fingerprint density at radius 1 is 1.50 bits per heavy atom. The zero-order chi connectivity index (χ0) is 10.3. The van der Waals surface area contributed by atoms with E-state index in [4.69, 9.17) is 4.74 Å². The van der Waals surface area contributed by atoms with Crippen molar-refractivity contribution in [2.24, 2.45) is 0 Å². The zero-order valence-electron chi connectivity index (χ0n) is 7.60. The van der Waals surface area contributed by atoms with Crippen molar-refractivity contribution in [2.45, 2.75) is 19.1 Å². The summed E-state index contributed by atoms with van der Waals surface area (Å²) in [5.74, 6) is -0.681. The molecule has 1 aromatic carbocycles. The Labute approximate surface area is 80.7 Å². The second-order valence-corrected chi connectivity index (χ2v) is 3.31. The van der Waals surface area contributed by atoms with Gasteiger partial charge in [0.25, 0.3) is 0 Å². The molecular formula is C10H10O4. The minimum Gasteiger partial charge on any atom is -0.507 e. The first-order chi connectivity index (χ1) is 6.61. The number of hydrogen-bond donors (Lipinski definition) is 2. The number of hydrogen-bond acceptors (Lipinski definition) is 4. The molecule has 0 fully saturated rings. The fourth-order valence-corrected chi connectivity index (χ4v) is 1.61. The molecule has 0 aliphatic carbocycles. The van der Waals surface area contributed by atoms with E-state index in [1.165, 1.54) is 13.0 Å². The monoisotopic (exact) mass is 194 g/mol. The number of ether oxygens (including phenoxy) is 1. The van der Waals surface area contributed by atoms with Gasteiger partial charge in [0.1, 0.15) is 11.3 Å². The van der Waals surface area contributed by atoms with Crippen molar-refractivity contribution in [2.75, 3.05) is 0 Å². The molecule has 0 spiro atoms. The van der Waals surface area contributed by atoms with Crippen molar-refractivity contribution >= 4 is 5.97 Å². The lowest BCUT2D eigenvalue weighted by Gasteiger charge is -2.12. The average Bonchev–Trinajstić information content (AvgIpc) is 2.45. The van der Waals surface area contributed by atoms with Gasteiger partial charge >= 0.3 is 5.97 Å². The van der Waals surface area contributed by atoms with Crippen molar-refractivity contribution in [3.63, 3.8) is 0 Å². The molecule has 2 unspecified atom stereocenters. The summed E-state index contributed by atoms with van der Waals surface area (Å²) in [5.41, 5.74) is 0.711. The molecule has 4 heteroatoms. The number of benzene rings is 1. The molecule has 1 aromatic rings. The van der Waals surface area contributed by atoms with Crippen LogP contribution in [0.4, 0.5) is 0 Å². The molecular weight excluding hydrogens is 184 g/mol. The lowest BCUT2D eigenvalue weighted by molar-refractivity contribution is -0.00278. The number of phenols is 1. The smallest absolute Gasteiger partial charge is 0.343 e. The van der Waals surface area contributed by atoms with E-state index in [-0.39, 0.29) is 11.3 Å². The summed E-state index contributed by atoms with van der Waals surface area (Å²) in [4.78, 5) is 11.3. The molecule has 74 valence electrons. The van der Waals surface area contributed by atoms with Crippen LogP contribution >= 0.6 is 0 Å². The predicted octanol–water partition coefficient (Wildman–Crippen LogP) is 0.984. The van der Waals surface area contributed by atoms with Gasteiger partial charge in [-0.25, -0.2) is 4.79 Å². The molecule has 1 heterocycles. The molecule has 0 amide bonds. The molecule has 2 rings (SSSR count). The van der Waals surface area contributed by atoms with Crippen molar-refractivity contribution in [1.82, 2.24) is 0 Å². The van der Waals surface area contributed by atoms with E-state index < -0.39 is 18.2 Å². The Hall–Kier alpha value is -1.55. The van der Waals surface area contributed by atoms with Crippen LogP contribution in [0, 0.1) is 0 Å². The second kappa shape index (κ2) is 2.99. The highest BCUT2D eigenvalue weighted by atomic mass is 16.6. The summed E-state index contributed by atoms with van der Waals surface area (Å²) in [5, 5.41) is 18.8. The first-order valence-electron chi connectivity index (χ1n) is 4.32. The van der Waals surface area contributed by atoms with E-state index in [1.807, 2.05) is 0 Å². The molecule has 0 saturated carbocycles. The average molecular weight is 194 g/mol. The number of aliphatic hydroxyl groups excluding tert-OH is 1. The van der Waals surface area contributed by atoms with Crippen LogP contribution in [0.5, 0.6) is 5.75 Å². The van der Waals surface area contributed by atoms with Gasteiger partial charge in [-0.2, -0.15) is 0 Å². The van der Waals surface area contributed by atoms with Crippen LogP contribution < -0.4 is 0 Å². The number of esters is 1. The summed E-state index contributed by atoms with van der Waals surface area (Å²) in [6, 6.07) is 4.70. The minimum absolute atomic E-state index is 0.101. The molecule has 1 aliphatic rings. The van der Waals surface area contributed by atoms with E-state index >= 15 is 0 Å². The van der Waals surface area contributed by atoms with Crippen LogP contribution in [-0.4, -0.2) is 22.3 Å². The highest BCUT2D eigenvalue weighted by Gasteiger charge is 2.35. The summed E-state index contributed by atoms with van der Waals surface area (Å²) in [6.07, 6.45) is -1.44. The highest BCUT2D eigenvalue weighted by Crippen LogP contribution is 2.37. The summed E-state index contributed by atoms with van der Waals surface area (Å²) >= 11 is 0. The molecule has 0 bridgehead atoms. The van der Waals surface area contributed by atoms with E-state index in [0.29, 0.717) is 5.56 Å². The van der Waals surface area contributed by atoms with Crippen LogP contribution in [0.15, 0.2) is 18.2 Å². The van der Waals surface area contributed by atoms with E-state index in [1.54, 1.807) is 12.1 Å². The third kappa shape index (κ3) is 1.15. The van der Waals surface area contributed by atoms with Crippen LogP contribution in [0.2, 0.25) is 0 Å². The third-order valence-corrected chi connectivity index (χ3v) is 2.26. The Balaban J connectivity index is 2.55. The Kier molecular flexibility index (Phi) is 1.93. The van der Waals surface area contributed by atoms with Crippen LogP contribution in [0.25, 0.3) is 0 Å². The molecule has 0 aromatic heterocycles. The van der Waals surface area contributed by atoms with Crippen molar-refractivity contribution in [3.05, 3.63) is 29.3 Å². The molecule has 0 saturated heterocycles. The Bertz CT molecular complexity index is 384. The molecule has 4 nitrogen and oxygen atoms in total. The molecule has 14 heavy (non-hydrogen) atoms. The maximum absolute atomic E-state index is 11.3. The number of cyclic esters (lactones) is 1. The van der Waals surface area contributed by atoms with Crippen molar-refractivity contribution in [3.8, 4) is 5.75 Å². The van der Waals surface area contributed by atoms with Gasteiger partial charge in [0.05, 0.1) is 6.10 Å². The van der Waals surface area contributed by atoms with Gasteiger partial charge in [0.15, 0.2) is 6.10 Å². The number of aromatic hydroxyl groups is 1. The lowest BCUT2D eigenvalue weighted by Crippen LogP contribution is -2.14. The molecule has 2 atom stereocenters. The number of fused-ring (bicyclic) bond motifs is 1. The van der Waals surface area contributed by atoms with Crippen LogP contribution in [-0.2, 0) is 4.74 Å². The fraction of sp³-hybridized carbons (Fsp3) is 0.300. The van der Waals surface area contributed by atoms with E-state index in [9.17, 15) is 15.0 Å². The van der Waals surface area contributed by atoms with Crippen molar-refractivity contribution in [1.29, 1.82) is 0 Å². The molecule has 1 aliphatic heterocycles. The summed E-state index contributed by atoms with van der Waals surface area (Å²) < 4.78 is 4.93. The first-order valence-corrected chi connectivity index (χ1v) is 4.32. The van der Waals surface area contributed by atoms with Crippen molar-refractivity contribution < 1.29 is 19.7 Å². The first kappa shape index (κ1) is 9.02. The number of carbonyl (C=O) groups excluding carboxylic acids is 1. The molecule has 0 radical (unpaired) electrons. The third-order valence-electron chi connectivity index (χ3n) is 2.26. The van der Waals surface area contributed by atoms with Gasteiger partial charge in [-0.15, -0.1) is 0 Å². The van der Waals surface area contributed by atoms with Gasteiger partial charge in [0, 0.05) is 5.56 Å². The highest BCUT2D eigenvalue weighted by molar-refractivity contribution is 5.96. The number of carbonyl (C=O) groups is 1. The summed E-state index contributed by atoms with van der Waals surface area (Å²) in [6.45, 7) is 1.54. The molecule has 2 N–H and O–H groups in total. The number of rotatable bonds is 1. The van der Waals surface area contributed by atoms with Gasteiger partial charge < -0.3 is 14.9 Å². The lowest BCUT2D eigenvalue weighted by atomic mass is 10.0. The minimum atomic E-state index is -0.776. The van der Waals surface area contributed by atoms with Gasteiger partial charge in [-0.3, -0.25) is 0 Å². The predicted molar refractivity (Wildman–Crippen MR) is 47.9 cm³/mol. The Morgan fingerprint density at radius 2 is 2.21 bits per heavy atom. The van der Waals surface area contributed by atoms with Crippen LogP contribution in [0.1, 0.15) is 28.9 Å². The van der Waals surface area contributed by atoms with Gasteiger partial charge in [0.2, 0.25) is 0 Å². The van der Waals surface area contributed by atoms with Crippen LogP contribution in [0.3, 0.4) is 0 Å². The zero-order valence-corrected chi connectivity index (χ0v) is 7.60. The topological polar surface area (TPSA) is 66.8 Å². The number of aliphatic hydroxyl groups is 1. The SMILES string of the molecule is CC(O)C1OC(=O)c2c(O)cccc21. The fourth-order valence-electron chi connectivity index (χ4n) is 1.61. The largest absolute Gasteiger partial charge is 0.507 e.